The molecule has 1 saturated heterocycles. The number of ether oxygens (including phenoxy) is 3. The van der Waals surface area contributed by atoms with E-state index in [-0.39, 0.29) is 12.4 Å². The smallest absolute Gasteiger partial charge is 0.309 e. The lowest BCUT2D eigenvalue weighted by atomic mass is 10.1. The van der Waals surface area contributed by atoms with Gasteiger partial charge in [0.25, 0.3) is 0 Å². The van der Waals surface area contributed by atoms with E-state index in [0.717, 1.165) is 55.3 Å². The van der Waals surface area contributed by atoms with Crippen LogP contribution in [0.25, 0.3) is 0 Å². The topological polar surface area (TPSA) is 48.0 Å². The molecule has 0 saturated carbocycles. The Morgan fingerprint density at radius 3 is 2.52 bits per heavy atom. The molecule has 0 bridgehead atoms. The van der Waals surface area contributed by atoms with Crippen LogP contribution in [0.4, 0.5) is 0 Å². The number of carbonyl (C=O) groups is 1. The molecule has 0 radical (unpaired) electrons. The minimum atomic E-state index is -0.248. The van der Waals surface area contributed by atoms with Crippen LogP contribution in [-0.4, -0.2) is 44.3 Å². The standard InChI is InChI=1S/C21H24ClNO4/c1-25-21(24)13-17-4-7-20(27-15-16-2-5-19(22)6-3-16)18(12-17)14-23-8-10-26-11-9-23/h2-7,12H,8-11,13-15H2,1H3. The molecule has 1 heterocycles. The number of hydrogen-bond donors (Lipinski definition) is 0. The zero-order chi connectivity index (χ0) is 19.1. The van der Waals surface area contributed by atoms with Crippen molar-refractivity contribution in [2.45, 2.75) is 19.6 Å². The number of benzene rings is 2. The predicted molar refractivity (Wildman–Crippen MR) is 104 cm³/mol. The van der Waals surface area contributed by atoms with Crippen molar-refractivity contribution < 1.29 is 19.0 Å². The number of rotatable bonds is 7. The van der Waals surface area contributed by atoms with Crippen molar-refractivity contribution in [1.29, 1.82) is 0 Å². The second-order valence-electron chi connectivity index (χ2n) is 6.50. The first-order valence-electron chi connectivity index (χ1n) is 9.00. The van der Waals surface area contributed by atoms with Gasteiger partial charge in [0.05, 0.1) is 26.7 Å². The van der Waals surface area contributed by atoms with Crippen LogP contribution in [0.1, 0.15) is 16.7 Å². The summed E-state index contributed by atoms with van der Waals surface area (Å²) in [6.07, 6.45) is 0.254. The van der Waals surface area contributed by atoms with Gasteiger partial charge in [-0.25, -0.2) is 0 Å². The average Bonchev–Trinajstić information content (AvgIpc) is 2.69. The van der Waals surface area contributed by atoms with Crippen LogP contribution in [0.5, 0.6) is 5.75 Å². The molecule has 27 heavy (non-hydrogen) atoms. The normalized spacial score (nSPS) is 14.7. The van der Waals surface area contributed by atoms with Gasteiger partial charge in [-0.15, -0.1) is 0 Å². The van der Waals surface area contributed by atoms with E-state index in [1.54, 1.807) is 0 Å². The molecule has 6 heteroatoms. The second kappa shape index (κ2) is 9.74. The summed E-state index contributed by atoms with van der Waals surface area (Å²) in [5.41, 5.74) is 3.03. The Hall–Kier alpha value is -2.08. The van der Waals surface area contributed by atoms with Crippen LogP contribution in [-0.2, 0) is 33.8 Å². The summed E-state index contributed by atoms with van der Waals surface area (Å²) in [7, 11) is 1.40. The third kappa shape index (κ3) is 5.96. The van der Waals surface area contributed by atoms with Crippen LogP contribution in [0, 0.1) is 0 Å². The third-order valence-electron chi connectivity index (χ3n) is 4.51. The van der Waals surface area contributed by atoms with E-state index in [1.165, 1.54) is 7.11 Å². The summed E-state index contributed by atoms with van der Waals surface area (Å²) in [5.74, 6) is 0.576. The molecule has 0 atom stereocenters. The van der Waals surface area contributed by atoms with Gasteiger partial charge < -0.3 is 14.2 Å². The highest BCUT2D eigenvalue weighted by Crippen LogP contribution is 2.24. The molecular formula is C21H24ClNO4. The van der Waals surface area contributed by atoms with Crippen LogP contribution in [0.2, 0.25) is 5.02 Å². The summed E-state index contributed by atoms with van der Waals surface area (Å²) in [5, 5.41) is 0.707. The van der Waals surface area contributed by atoms with Crippen molar-refractivity contribution in [2.24, 2.45) is 0 Å². The molecule has 5 nitrogen and oxygen atoms in total. The molecule has 144 valence electrons. The zero-order valence-corrected chi connectivity index (χ0v) is 16.2. The van der Waals surface area contributed by atoms with Gasteiger partial charge in [0.15, 0.2) is 0 Å². The minimum Gasteiger partial charge on any atom is -0.489 e. The summed E-state index contributed by atoms with van der Waals surface area (Å²) in [6.45, 7) is 4.47. The first-order chi connectivity index (χ1) is 13.1. The molecule has 0 aliphatic carbocycles. The van der Waals surface area contributed by atoms with Crippen molar-refractivity contribution in [1.82, 2.24) is 4.90 Å². The highest BCUT2D eigenvalue weighted by atomic mass is 35.5. The monoisotopic (exact) mass is 389 g/mol. The summed E-state index contributed by atoms with van der Waals surface area (Å²) >= 11 is 5.94. The van der Waals surface area contributed by atoms with E-state index >= 15 is 0 Å². The highest BCUT2D eigenvalue weighted by molar-refractivity contribution is 6.30. The van der Waals surface area contributed by atoms with Crippen LogP contribution in [0.3, 0.4) is 0 Å². The fourth-order valence-corrected chi connectivity index (χ4v) is 3.11. The van der Waals surface area contributed by atoms with Gasteiger partial charge in [-0.3, -0.25) is 9.69 Å². The first kappa shape index (κ1) is 19.7. The Balaban J connectivity index is 1.74. The number of morpholine rings is 1. The molecule has 0 aromatic heterocycles. The molecule has 3 rings (SSSR count). The molecule has 2 aromatic carbocycles. The van der Waals surface area contributed by atoms with Gasteiger partial charge in [0.1, 0.15) is 12.4 Å². The number of halogens is 1. The van der Waals surface area contributed by atoms with Crippen molar-refractivity contribution in [3.63, 3.8) is 0 Å². The van der Waals surface area contributed by atoms with Gasteiger partial charge in [-0.05, 0) is 29.3 Å². The number of esters is 1. The first-order valence-corrected chi connectivity index (χ1v) is 9.38. The lowest BCUT2D eigenvalue weighted by Crippen LogP contribution is -2.35. The van der Waals surface area contributed by atoms with Crippen LogP contribution >= 0.6 is 11.6 Å². The van der Waals surface area contributed by atoms with Gasteiger partial charge >= 0.3 is 5.97 Å². The van der Waals surface area contributed by atoms with E-state index in [4.69, 9.17) is 25.8 Å². The lowest BCUT2D eigenvalue weighted by molar-refractivity contribution is -0.139. The van der Waals surface area contributed by atoms with Crippen molar-refractivity contribution in [2.75, 3.05) is 33.4 Å². The van der Waals surface area contributed by atoms with Gasteiger partial charge in [0, 0.05) is 30.2 Å². The Morgan fingerprint density at radius 2 is 1.81 bits per heavy atom. The quantitative estimate of drug-likeness (QED) is 0.678. The Morgan fingerprint density at radius 1 is 1.11 bits per heavy atom. The Labute approximate surface area is 164 Å². The SMILES string of the molecule is COC(=O)Cc1ccc(OCc2ccc(Cl)cc2)c(CN2CCOCC2)c1. The van der Waals surface area contributed by atoms with Crippen molar-refractivity contribution >= 4 is 17.6 Å². The molecule has 0 N–H and O–H groups in total. The number of methoxy groups -OCH3 is 1. The molecule has 1 fully saturated rings. The van der Waals surface area contributed by atoms with Crippen molar-refractivity contribution in [3.05, 3.63) is 64.2 Å². The largest absolute Gasteiger partial charge is 0.489 e. The van der Waals surface area contributed by atoms with Crippen LogP contribution < -0.4 is 4.74 Å². The molecule has 0 unspecified atom stereocenters. The maximum Gasteiger partial charge on any atom is 0.309 e. The summed E-state index contributed by atoms with van der Waals surface area (Å²) < 4.78 is 16.3. The number of nitrogens with zero attached hydrogens (tertiary/aromatic N) is 1. The molecular weight excluding hydrogens is 366 g/mol. The van der Waals surface area contributed by atoms with Gasteiger partial charge in [-0.1, -0.05) is 35.9 Å². The van der Waals surface area contributed by atoms with Crippen molar-refractivity contribution in [3.8, 4) is 5.75 Å². The maximum absolute atomic E-state index is 11.6. The summed E-state index contributed by atoms with van der Waals surface area (Å²) in [6, 6.07) is 13.5. The van der Waals surface area contributed by atoms with Gasteiger partial charge in [-0.2, -0.15) is 0 Å². The third-order valence-corrected chi connectivity index (χ3v) is 4.76. The highest BCUT2D eigenvalue weighted by Gasteiger charge is 2.15. The van der Waals surface area contributed by atoms with E-state index in [9.17, 15) is 4.79 Å². The second-order valence-corrected chi connectivity index (χ2v) is 6.94. The van der Waals surface area contributed by atoms with E-state index in [0.29, 0.717) is 11.6 Å². The average molecular weight is 390 g/mol. The fraction of sp³-hybridized carbons (Fsp3) is 0.381. The number of carbonyl (C=O) groups excluding carboxylic acids is 1. The summed E-state index contributed by atoms with van der Waals surface area (Å²) in [4.78, 5) is 13.9. The van der Waals surface area contributed by atoms with Gasteiger partial charge in [0.2, 0.25) is 0 Å². The van der Waals surface area contributed by atoms with E-state index < -0.39 is 0 Å². The lowest BCUT2D eigenvalue weighted by Gasteiger charge is -2.27. The van der Waals surface area contributed by atoms with E-state index in [1.807, 2.05) is 42.5 Å². The Kier molecular flexibility index (Phi) is 7.10. The van der Waals surface area contributed by atoms with E-state index in [2.05, 4.69) is 4.90 Å². The Bertz CT molecular complexity index is 757. The zero-order valence-electron chi connectivity index (χ0n) is 15.4. The predicted octanol–water partition coefficient (Wildman–Crippen LogP) is 3.47. The molecule has 1 aliphatic rings. The van der Waals surface area contributed by atoms with Crippen LogP contribution in [0.15, 0.2) is 42.5 Å². The fourth-order valence-electron chi connectivity index (χ4n) is 2.99. The maximum atomic E-state index is 11.6. The molecule has 0 spiro atoms. The molecule has 1 aliphatic heterocycles. The number of hydrogen-bond acceptors (Lipinski definition) is 5. The molecule has 2 aromatic rings. The minimum absolute atomic E-state index is 0.248. The molecule has 0 amide bonds.